The SMILES string of the molecule is CC(=O)c1cccc(Br)c1.[NaH]. The third-order valence-corrected chi connectivity index (χ3v) is 1.72. The van der Waals surface area contributed by atoms with Crippen LogP contribution in [0.1, 0.15) is 17.3 Å². The number of hydrogen-bond donors (Lipinski definition) is 0. The molecule has 0 saturated carbocycles. The van der Waals surface area contributed by atoms with Gasteiger partial charge in [-0.2, -0.15) is 0 Å². The number of ketones is 1. The van der Waals surface area contributed by atoms with Crippen LogP contribution in [0.3, 0.4) is 0 Å². The van der Waals surface area contributed by atoms with E-state index in [1.54, 1.807) is 13.0 Å². The van der Waals surface area contributed by atoms with Crippen molar-refractivity contribution >= 4 is 51.3 Å². The number of benzene rings is 1. The molecule has 0 radical (unpaired) electrons. The third-order valence-electron chi connectivity index (χ3n) is 1.23. The van der Waals surface area contributed by atoms with Crippen LogP contribution in [0.4, 0.5) is 0 Å². The first kappa shape index (κ1) is 11.4. The van der Waals surface area contributed by atoms with Gasteiger partial charge in [0.05, 0.1) is 0 Å². The van der Waals surface area contributed by atoms with Crippen molar-refractivity contribution in [3.8, 4) is 0 Å². The molecule has 0 saturated heterocycles. The summed E-state index contributed by atoms with van der Waals surface area (Å²) in [6.07, 6.45) is 0. The van der Waals surface area contributed by atoms with Crippen LogP contribution in [0.15, 0.2) is 28.7 Å². The minimum absolute atomic E-state index is 0. The molecule has 0 bridgehead atoms. The summed E-state index contributed by atoms with van der Waals surface area (Å²) in [5.41, 5.74) is 0.745. The van der Waals surface area contributed by atoms with E-state index >= 15 is 0 Å². The summed E-state index contributed by atoms with van der Waals surface area (Å²) in [5.74, 6) is 0.0984. The third kappa shape index (κ3) is 3.52. The van der Waals surface area contributed by atoms with Crippen molar-refractivity contribution in [2.45, 2.75) is 6.92 Å². The molecule has 1 rings (SSSR count). The molecule has 0 aliphatic rings. The molecule has 0 aliphatic carbocycles. The Hall–Kier alpha value is 0.370. The fourth-order valence-electron chi connectivity index (χ4n) is 0.707. The van der Waals surface area contributed by atoms with Crippen LogP contribution in [-0.4, -0.2) is 35.3 Å². The Labute approximate surface area is 96.6 Å². The molecule has 0 aliphatic heterocycles. The number of Topliss-reactive ketones (excluding diaryl/α,β-unsaturated/α-hetero) is 1. The van der Waals surface area contributed by atoms with Crippen LogP contribution < -0.4 is 0 Å². The fourth-order valence-corrected chi connectivity index (χ4v) is 1.11. The van der Waals surface area contributed by atoms with Gasteiger partial charge in [-0.05, 0) is 19.1 Å². The molecule has 0 atom stereocenters. The summed E-state index contributed by atoms with van der Waals surface area (Å²) >= 11 is 3.28. The summed E-state index contributed by atoms with van der Waals surface area (Å²) < 4.78 is 0.945. The van der Waals surface area contributed by atoms with Gasteiger partial charge in [0.15, 0.2) is 5.78 Å². The van der Waals surface area contributed by atoms with Crippen LogP contribution >= 0.6 is 15.9 Å². The molecule has 0 fully saturated rings. The van der Waals surface area contributed by atoms with Gasteiger partial charge in [-0.3, -0.25) is 4.79 Å². The molecule has 1 aromatic carbocycles. The van der Waals surface area contributed by atoms with Crippen molar-refractivity contribution in [2.24, 2.45) is 0 Å². The van der Waals surface area contributed by atoms with Crippen molar-refractivity contribution in [1.29, 1.82) is 0 Å². The van der Waals surface area contributed by atoms with Crippen LogP contribution in [0.25, 0.3) is 0 Å². The Morgan fingerprint density at radius 2 is 2.09 bits per heavy atom. The van der Waals surface area contributed by atoms with E-state index in [1.165, 1.54) is 0 Å². The Morgan fingerprint density at radius 1 is 1.45 bits per heavy atom. The van der Waals surface area contributed by atoms with E-state index in [2.05, 4.69) is 15.9 Å². The zero-order valence-corrected chi connectivity index (χ0v) is 7.18. The second-order valence-electron chi connectivity index (χ2n) is 2.07. The molecule has 1 nitrogen and oxygen atoms in total. The van der Waals surface area contributed by atoms with E-state index < -0.39 is 0 Å². The maximum atomic E-state index is 10.8. The predicted octanol–water partition coefficient (Wildman–Crippen LogP) is 2.00. The zero-order valence-electron chi connectivity index (χ0n) is 5.60. The number of hydrogen-bond acceptors (Lipinski definition) is 1. The molecule has 1 aromatic rings. The van der Waals surface area contributed by atoms with Crippen molar-refractivity contribution in [1.82, 2.24) is 0 Å². The molecule has 0 aromatic heterocycles. The number of rotatable bonds is 1. The second kappa shape index (κ2) is 5.09. The molecule has 0 spiro atoms. The molecule has 0 unspecified atom stereocenters. The molecular formula is C8H8BrNaO. The summed E-state index contributed by atoms with van der Waals surface area (Å²) in [6, 6.07) is 7.35. The van der Waals surface area contributed by atoms with Gasteiger partial charge in [-0.25, -0.2) is 0 Å². The Kier molecular flexibility index (Phi) is 5.26. The van der Waals surface area contributed by atoms with Gasteiger partial charge < -0.3 is 0 Å². The molecule has 0 heterocycles. The van der Waals surface area contributed by atoms with Crippen LogP contribution in [0, 0.1) is 0 Å². The Morgan fingerprint density at radius 3 is 2.45 bits per heavy atom. The standard InChI is InChI=1S/C8H7BrO.Na.H/c1-6(10)7-3-2-4-8(9)5-7;;/h2-5H,1H3;;. The molecular weight excluding hydrogens is 215 g/mol. The predicted molar refractivity (Wildman–Crippen MR) is 51.3 cm³/mol. The summed E-state index contributed by atoms with van der Waals surface area (Å²) in [7, 11) is 0. The fraction of sp³-hybridized carbons (Fsp3) is 0.125. The summed E-state index contributed by atoms with van der Waals surface area (Å²) in [4.78, 5) is 10.8. The first-order valence-electron chi connectivity index (χ1n) is 2.96. The van der Waals surface area contributed by atoms with E-state index in [0.717, 1.165) is 10.0 Å². The van der Waals surface area contributed by atoms with Gasteiger partial charge in [0.2, 0.25) is 0 Å². The summed E-state index contributed by atoms with van der Waals surface area (Å²) in [6.45, 7) is 1.56. The van der Waals surface area contributed by atoms with Crippen LogP contribution in [-0.2, 0) is 0 Å². The van der Waals surface area contributed by atoms with Crippen molar-refractivity contribution in [3.05, 3.63) is 34.3 Å². The van der Waals surface area contributed by atoms with E-state index in [4.69, 9.17) is 0 Å². The van der Waals surface area contributed by atoms with Gasteiger partial charge >= 0.3 is 29.6 Å². The van der Waals surface area contributed by atoms with Crippen molar-refractivity contribution < 1.29 is 4.79 Å². The number of carbonyl (C=O) groups excluding carboxylic acids is 1. The quantitative estimate of drug-likeness (QED) is 0.525. The molecule has 0 amide bonds. The maximum absolute atomic E-state index is 10.8. The van der Waals surface area contributed by atoms with Crippen LogP contribution in [0.2, 0.25) is 0 Å². The molecule has 11 heavy (non-hydrogen) atoms. The van der Waals surface area contributed by atoms with Gasteiger partial charge in [0.1, 0.15) is 0 Å². The van der Waals surface area contributed by atoms with Crippen LogP contribution in [0.5, 0.6) is 0 Å². The van der Waals surface area contributed by atoms with Gasteiger partial charge in [-0.1, -0.05) is 28.1 Å². The molecule has 0 N–H and O–H groups in total. The van der Waals surface area contributed by atoms with Gasteiger partial charge in [-0.15, -0.1) is 0 Å². The molecule has 54 valence electrons. The Balaban J connectivity index is 0.000001000. The average Bonchev–Trinajstić information content (AvgIpc) is 1.88. The van der Waals surface area contributed by atoms with Gasteiger partial charge in [0.25, 0.3) is 0 Å². The van der Waals surface area contributed by atoms with E-state index in [-0.39, 0.29) is 35.3 Å². The minimum atomic E-state index is 0. The zero-order chi connectivity index (χ0) is 7.56. The molecule has 3 heteroatoms. The first-order chi connectivity index (χ1) is 4.70. The number of halogens is 1. The average molecular weight is 223 g/mol. The summed E-state index contributed by atoms with van der Waals surface area (Å²) in [5, 5.41) is 0. The van der Waals surface area contributed by atoms with E-state index in [1.807, 2.05) is 18.2 Å². The van der Waals surface area contributed by atoms with E-state index in [9.17, 15) is 4.79 Å². The van der Waals surface area contributed by atoms with E-state index in [0.29, 0.717) is 0 Å². The Bertz CT molecular complexity index is 260. The second-order valence-corrected chi connectivity index (χ2v) is 2.98. The monoisotopic (exact) mass is 222 g/mol. The first-order valence-corrected chi connectivity index (χ1v) is 3.76. The number of carbonyl (C=O) groups is 1. The van der Waals surface area contributed by atoms with Crippen molar-refractivity contribution in [2.75, 3.05) is 0 Å². The normalized spacial score (nSPS) is 8.55. The van der Waals surface area contributed by atoms with Gasteiger partial charge in [0, 0.05) is 10.0 Å². The topological polar surface area (TPSA) is 17.1 Å². The van der Waals surface area contributed by atoms with Crippen molar-refractivity contribution in [3.63, 3.8) is 0 Å².